The number of carbonyl (C=O) groups is 1. The van der Waals surface area contributed by atoms with Gasteiger partial charge in [-0.2, -0.15) is 5.10 Å². The predicted molar refractivity (Wildman–Crippen MR) is 100 cm³/mol. The molecule has 0 radical (unpaired) electrons. The molecule has 0 spiro atoms. The van der Waals surface area contributed by atoms with Gasteiger partial charge in [0.05, 0.1) is 5.56 Å². The van der Waals surface area contributed by atoms with Crippen molar-refractivity contribution in [2.75, 3.05) is 5.32 Å². The summed E-state index contributed by atoms with van der Waals surface area (Å²) in [6.45, 7) is 0. The van der Waals surface area contributed by atoms with Crippen LogP contribution in [0.3, 0.4) is 0 Å². The first-order valence-corrected chi connectivity index (χ1v) is 8.35. The minimum atomic E-state index is -2.83. The Kier molecular flexibility index (Phi) is 5.50. The highest BCUT2D eigenvalue weighted by atomic mass is 19.3. The van der Waals surface area contributed by atoms with Gasteiger partial charge in [0.25, 0.3) is 12.3 Å². The number of nitrogens with zero attached hydrogens (tertiary/aromatic N) is 2. The number of amides is 1. The number of carbonyl (C=O) groups excluding carboxylic acids is 1. The number of benzene rings is 2. The van der Waals surface area contributed by atoms with Gasteiger partial charge in [-0.1, -0.05) is 24.3 Å². The fraction of sp³-hybridized carbons (Fsp3) is 0.143. The Bertz CT molecular complexity index is 1070. The highest BCUT2D eigenvalue weighted by Gasteiger charge is 2.23. The second kappa shape index (κ2) is 8.01. The van der Waals surface area contributed by atoms with Gasteiger partial charge >= 0.3 is 0 Å². The summed E-state index contributed by atoms with van der Waals surface area (Å²) in [6.07, 6.45) is 3.85. The third-order valence-corrected chi connectivity index (χ3v) is 4.13. The van der Waals surface area contributed by atoms with Crippen molar-refractivity contribution in [1.29, 1.82) is 0 Å². The molecule has 0 saturated carbocycles. The van der Waals surface area contributed by atoms with Crippen LogP contribution in [0, 0.1) is 18.2 Å². The predicted octanol–water partition coefficient (Wildman–Crippen LogP) is 4.59. The molecular formula is C21H16F3N3O. The lowest BCUT2D eigenvalue weighted by atomic mass is 9.96. The number of para-hydroxylation sites is 1. The molecule has 3 rings (SSSR count). The van der Waals surface area contributed by atoms with E-state index in [1.807, 2.05) is 0 Å². The van der Waals surface area contributed by atoms with Crippen LogP contribution < -0.4 is 5.32 Å². The monoisotopic (exact) mass is 383 g/mol. The molecule has 142 valence electrons. The lowest BCUT2D eigenvalue weighted by molar-refractivity contribution is 0.100. The highest BCUT2D eigenvalue weighted by molar-refractivity contribution is 6.06. The average Bonchev–Trinajstić information content (AvgIpc) is 3.05. The van der Waals surface area contributed by atoms with Crippen molar-refractivity contribution in [2.45, 2.75) is 12.8 Å². The van der Waals surface area contributed by atoms with Gasteiger partial charge in [-0.15, -0.1) is 12.3 Å². The maximum atomic E-state index is 13.6. The topological polar surface area (TPSA) is 46.9 Å². The molecule has 28 heavy (non-hydrogen) atoms. The zero-order chi connectivity index (χ0) is 20.3. The Hall–Kier alpha value is -3.53. The van der Waals surface area contributed by atoms with E-state index in [2.05, 4.69) is 16.3 Å². The number of hydrogen-bond acceptors (Lipinski definition) is 2. The summed E-state index contributed by atoms with van der Waals surface area (Å²) in [7, 11) is 1.46. The molecule has 1 aromatic heterocycles. The lowest BCUT2D eigenvalue weighted by Crippen LogP contribution is -2.15. The van der Waals surface area contributed by atoms with Crippen LogP contribution in [0.1, 0.15) is 28.0 Å². The number of halogens is 3. The van der Waals surface area contributed by atoms with E-state index < -0.39 is 23.7 Å². The van der Waals surface area contributed by atoms with E-state index >= 15 is 0 Å². The normalized spacial score (nSPS) is 10.7. The van der Waals surface area contributed by atoms with Crippen LogP contribution in [0.2, 0.25) is 0 Å². The van der Waals surface area contributed by atoms with Crippen molar-refractivity contribution >= 4 is 11.6 Å². The molecule has 1 N–H and O–H groups in total. The fourth-order valence-electron chi connectivity index (χ4n) is 2.93. The standard InChI is InChI=1S/C21H16F3N3O/c1-3-6-13-11-14(22)9-10-15(13)16-7-4-5-8-18(16)25-21(28)19-17(20(23)24)12-27(2)26-19/h1,4-5,7-12,20H,6H2,2H3,(H,25,28). The van der Waals surface area contributed by atoms with Gasteiger partial charge in [0, 0.05) is 30.9 Å². The average molecular weight is 383 g/mol. The Morgan fingerprint density at radius 2 is 2.00 bits per heavy atom. The van der Waals surface area contributed by atoms with Gasteiger partial charge in [0.2, 0.25) is 0 Å². The lowest BCUT2D eigenvalue weighted by Gasteiger charge is -2.14. The molecule has 0 bridgehead atoms. The van der Waals surface area contributed by atoms with Crippen molar-refractivity contribution < 1.29 is 18.0 Å². The van der Waals surface area contributed by atoms with Crippen LogP contribution in [0.4, 0.5) is 18.9 Å². The molecule has 1 heterocycles. The molecular weight excluding hydrogens is 367 g/mol. The van der Waals surface area contributed by atoms with Crippen molar-refractivity contribution in [1.82, 2.24) is 9.78 Å². The third kappa shape index (κ3) is 3.91. The summed E-state index contributed by atoms with van der Waals surface area (Å²) in [5, 5.41) is 6.46. The van der Waals surface area contributed by atoms with Gasteiger partial charge < -0.3 is 5.32 Å². The number of anilines is 1. The summed E-state index contributed by atoms with van der Waals surface area (Å²) in [4.78, 5) is 12.6. The summed E-state index contributed by atoms with van der Waals surface area (Å²) in [5.74, 6) is 1.29. The van der Waals surface area contributed by atoms with Gasteiger partial charge in [-0.3, -0.25) is 9.48 Å². The maximum Gasteiger partial charge on any atom is 0.276 e. The zero-order valence-corrected chi connectivity index (χ0v) is 14.9. The Morgan fingerprint density at radius 1 is 1.25 bits per heavy atom. The molecule has 4 nitrogen and oxygen atoms in total. The number of rotatable bonds is 5. The SMILES string of the molecule is C#CCc1cc(F)ccc1-c1ccccc1NC(=O)c1nn(C)cc1C(F)F. The summed E-state index contributed by atoms with van der Waals surface area (Å²) >= 11 is 0. The molecule has 0 aliphatic carbocycles. The van der Waals surface area contributed by atoms with Gasteiger partial charge in [-0.05, 0) is 29.3 Å². The van der Waals surface area contributed by atoms with Crippen molar-refractivity contribution in [3.8, 4) is 23.5 Å². The quantitative estimate of drug-likeness (QED) is 0.655. The molecule has 0 saturated heterocycles. The molecule has 0 aliphatic heterocycles. The minimum absolute atomic E-state index is 0.200. The first-order valence-electron chi connectivity index (χ1n) is 8.35. The maximum absolute atomic E-state index is 13.6. The van der Waals surface area contributed by atoms with Crippen LogP contribution in [-0.4, -0.2) is 15.7 Å². The van der Waals surface area contributed by atoms with Crippen LogP contribution in [-0.2, 0) is 13.5 Å². The van der Waals surface area contributed by atoms with Crippen LogP contribution in [0.25, 0.3) is 11.1 Å². The number of aryl methyl sites for hydroxylation is 1. The second-order valence-corrected chi connectivity index (χ2v) is 6.09. The zero-order valence-electron chi connectivity index (χ0n) is 14.9. The minimum Gasteiger partial charge on any atom is -0.320 e. The van der Waals surface area contributed by atoms with Crippen LogP contribution in [0.15, 0.2) is 48.7 Å². The Morgan fingerprint density at radius 3 is 2.71 bits per heavy atom. The van der Waals surface area contributed by atoms with E-state index in [1.54, 1.807) is 30.3 Å². The van der Waals surface area contributed by atoms with E-state index in [0.717, 1.165) is 10.9 Å². The van der Waals surface area contributed by atoms with Gasteiger partial charge in [-0.25, -0.2) is 13.2 Å². The first-order chi connectivity index (χ1) is 13.4. The van der Waals surface area contributed by atoms with Gasteiger partial charge in [0.15, 0.2) is 5.69 Å². The van der Waals surface area contributed by atoms with Crippen molar-refractivity contribution in [3.05, 3.63) is 71.3 Å². The highest BCUT2D eigenvalue weighted by Crippen LogP contribution is 2.32. The first kappa shape index (κ1) is 19.2. The largest absolute Gasteiger partial charge is 0.320 e. The summed E-state index contributed by atoms with van der Waals surface area (Å²) in [6, 6.07) is 11.0. The molecule has 7 heteroatoms. The van der Waals surface area contributed by atoms with E-state index in [9.17, 15) is 18.0 Å². The van der Waals surface area contributed by atoms with E-state index in [4.69, 9.17) is 6.42 Å². The van der Waals surface area contributed by atoms with E-state index in [-0.39, 0.29) is 12.1 Å². The van der Waals surface area contributed by atoms with Gasteiger partial charge in [0.1, 0.15) is 5.82 Å². The molecule has 0 atom stereocenters. The molecule has 0 fully saturated rings. The molecule has 0 unspecified atom stereocenters. The summed E-state index contributed by atoms with van der Waals surface area (Å²) < 4.78 is 41.1. The van der Waals surface area contributed by atoms with Crippen LogP contribution in [0.5, 0.6) is 0 Å². The Labute approximate surface area is 160 Å². The van der Waals surface area contributed by atoms with Crippen molar-refractivity contribution in [2.24, 2.45) is 7.05 Å². The Balaban J connectivity index is 2.01. The summed E-state index contributed by atoms with van der Waals surface area (Å²) in [5.41, 5.74) is 1.39. The van der Waals surface area contributed by atoms with E-state index in [0.29, 0.717) is 22.4 Å². The fourth-order valence-corrected chi connectivity index (χ4v) is 2.93. The molecule has 1 amide bonds. The number of alkyl halides is 2. The third-order valence-electron chi connectivity index (χ3n) is 4.13. The number of aromatic nitrogens is 2. The van der Waals surface area contributed by atoms with Crippen molar-refractivity contribution in [3.63, 3.8) is 0 Å². The number of nitrogens with one attached hydrogen (secondary N) is 1. The number of hydrogen-bond donors (Lipinski definition) is 1. The second-order valence-electron chi connectivity index (χ2n) is 6.09. The molecule has 2 aromatic carbocycles. The number of terminal acetylenes is 1. The van der Waals surface area contributed by atoms with Crippen LogP contribution >= 0.6 is 0 Å². The smallest absolute Gasteiger partial charge is 0.276 e. The molecule has 0 aliphatic rings. The van der Waals surface area contributed by atoms with E-state index in [1.165, 1.54) is 19.2 Å². The molecule has 3 aromatic rings.